The van der Waals surface area contributed by atoms with Gasteiger partial charge in [-0.3, -0.25) is 19.1 Å². The van der Waals surface area contributed by atoms with Crippen LogP contribution in [0.1, 0.15) is 15.9 Å². The minimum Gasteiger partial charge on any atom is -0.504 e. The normalized spacial score (nSPS) is 12.9. The van der Waals surface area contributed by atoms with Crippen molar-refractivity contribution in [2.75, 3.05) is 11.2 Å². The number of nitrogens with two attached hydrogens (primary N) is 1. The average Bonchev–Trinajstić information content (AvgIpc) is 2.83. The third-order valence-corrected chi connectivity index (χ3v) is 7.43. The fourth-order valence-electron chi connectivity index (χ4n) is 3.05. The lowest BCUT2D eigenvalue weighted by atomic mass is 10.1. The molecule has 0 atom stereocenters. The number of nitrogens with one attached hydrogen (secondary N) is 1. The first-order valence-corrected chi connectivity index (χ1v) is 14.5. The summed E-state index contributed by atoms with van der Waals surface area (Å²) in [5.41, 5.74) is 5.66. The average molecular weight is 616 g/mol. The number of phenols is 1. The van der Waals surface area contributed by atoms with Crippen molar-refractivity contribution in [1.82, 2.24) is 0 Å². The number of nitrogen functional groups attached to an aromatic ring is 1. The first-order chi connectivity index (χ1) is 18.4. The van der Waals surface area contributed by atoms with Gasteiger partial charge in [0.1, 0.15) is 21.2 Å². The summed E-state index contributed by atoms with van der Waals surface area (Å²) < 4.78 is 98.7. The standard InChI is InChI=1S/C20H17N5O12S3/c21-10-5-6-14(13(7-10)20(27)28)22-24-19(12-3-1-2-4-16(12)39(32,33)34)25-23-15-8-11(38(29,30)31)9-17(18(15)26)40(35,36)37/h1-9,23,26H,21H2,(H,27,28)(H,29,30,31)(H,32,33,34)(H,35,36,37). The molecule has 0 spiro atoms. The Bertz CT molecular complexity index is 1900. The second-order valence-electron chi connectivity index (χ2n) is 7.57. The molecule has 8 N–H and O–H groups in total. The molecule has 0 bridgehead atoms. The molecule has 0 amide bonds. The van der Waals surface area contributed by atoms with Gasteiger partial charge in [-0.05, 0) is 42.5 Å². The van der Waals surface area contributed by atoms with Crippen molar-refractivity contribution in [3.63, 3.8) is 0 Å². The lowest BCUT2D eigenvalue weighted by Crippen LogP contribution is -2.10. The number of rotatable bonds is 8. The number of carboxylic acid groups (broad SMARTS) is 1. The number of nitrogens with zero attached hydrogens (tertiary/aromatic N) is 3. The largest absolute Gasteiger partial charge is 0.504 e. The number of carboxylic acids is 1. The summed E-state index contributed by atoms with van der Waals surface area (Å²) in [5.74, 6) is -3.46. The minimum absolute atomic E-state index is 0.0625. The number of hydrogen-bond donors (Lipinski definition) is 7. The van der Waals surface area contributed by atoms with Gasteiger partial charge in [0, 0.05) is 11.3 Å². The van der Waals surface area contributed by atoms with Gasteiger partial charge in [0.15, 0.2) is 5.75 Å². The summed E-state index contributed by atoms with van der Waals surface area (Å²) >= 11 is 0. The zero-order valence-electron chi connectivity index (χ0n) is 19.4. The summed E-state index contributed by atoms with van der Waals surface area (Å²) in [4.78, 5) is 8.35. The molecule has 0 saturated heterocycles. The molecule has 3 aromatic rings. The lowest BCUT2D eigenvalue weighted by Gasteiger charge is -2.11. The third-order valence-electron chi connectivity index (χ3n) is 4.82. The molecule has 0 radical (unpaired) electrons. The first kappa shape index (κ1) is 30.1. The van der Waals surface area contributed by atoms with Crippen molar-refractivity contribution in [1.29, 1.82) is 0 Å². The molecule has 0 unspecified atom stereocenters. The summed E-state index contributed by atoms with van der Waals surface area (Å²) in [6.07, 6.45) is 0. The Labute approximate surface area is 225 Å². The van der Waals surface area contributed by atoms with Crippen molar-refractivity contribution in [3.8, 4) is 5.75 Å². The highest BCUT2D eigenvalue weighted by Crippen LogP contribution is 2.34. The molecule has 0 fully saturated rings. The highest BCUT2D eigenvalue weighted by atomic mass is 32.2. The van der Waals surface area contributed by atoms with Crippen molar-refractivity contribution in [2.45, 2.75) is 14.7 Å². The molecule has 0 saturated carbocycles. The molecular formula is C20H17N5O12S3. The topological polar surface area (TPSA) is 296 Å². The Morgan fingerprint density at radius 2 is 1.43 bits per heavy atom. The van der Waals surface area contributed by atoms with Gasteiger partial charge in [-0.25, -0.2) is 4.79 Å². The Balaban J connectivity index is 2.28. The maximum atomic E-state index is 11.9. The van der Waals surface area contributed by atoms with Gasteiger partial charge in [0.05, 0.1) is 10.5 Å². The Hall–Kier alpha value is -4.47. The van der Waals surface area contributed by atoms with Gasteiger partial charge < -0.3 is 15.9 Å². The van der Waals surface area contributed by atoms with E-state index in [0.717, 1.165) is 24.3 Å². The van der Waals surface area contributed by atoms with Crippen molar-refractivity contribution in [3.05, 3.63) is 65.7 Å². The van der Waals surface area contributed by atoms with Crippen molar-refractivity contribution in [2.24, 2.45) is 15.3 Å². The van der Waals surface area contributed by atoms with Crippen LogP contribution >= 0.6 is 0 Å². The fraction of sp³-hybridized carbons (Fsp3) is 0. The first-order valence-electron chi connectivity index (χ1n) is 10.2. The molecule has 212 valence electrons. The Kier molecular flexibility index (Phi) is 8.24. The smallest absolute Gasteiger partial charge is 0.338 e. The number of benzene rings is 3. The molecular weight excluding hydrogens is 598 g/mol. The SMILES string of the molecule is Nc1ccc(N=NC(=NNc2cc(S(=O)(=O)O)cc(S(=O)(=O)O)c2O)c2ccccc2S(=O)(=O)O)c(C(=O)O)c1. The van der Waals surface area contributed by atoms with Crippen molar-refractivity contribution >= 4 is 59.2 Å². The maximum Gasteiger partial charge on any atom is 0.338 e. The monoisotopic (exact) mass is 615 g/mol. The van der Waals surface area contributed by atoms with E-state index >= 15 is 0 Å². The fourth-order valence-corrected chi connectivity index (χ4v) is 4.98. The van der Waals surface area contributed by atoms with Crippen LogP contribution in [0.15, 0.2) is 84.6 Å². The quantitative estimate of drug-likeness (QED) is 0.0362. The number of carbonyl (C=O) groups is 1. The molecule has 0 heterocycles. The molecule has 3 rings (SSSR count). The van der Waals surface area contributed by atoms with Gasteiger partial charge in [-0.1, -0.05) is 12.1 Å². The number of aromatic carboxylic acids is 1. The summed E-state index contributed by atoms with van der Waals surface area (Å²) in [5, 5.41) is 30.8. The molecule has 17 nitrogen and oxygen atoms in total. The number of amidine groups is 1. The van der Waals surface area contributed by atoms with Gasteiger partial charge in [0.25, 0.3) is 30.4 Å². The highest BCUT2D eigenvalue weighted by molar-refractivity contribution is 7.86. The van der Waals surface area contributed by atoms with Crippen LogP contribution in [0.2, 0.25) is 0 Å². The third kappa shape index (κ3) is 6.93. The predicted octanol–water partition coefficient (Wildman–Crippen LogP) is 1.97. The van der Waals surface area contributed by atoms with Gasteiger partial charge in [-0.2, -0.15) is 30.4 Å². The van der Waals surface area contributed by atoms with E-state index in [1.165, 1.54) is 18.2 Å². The number of azo groups is 1. The van der Waals surface area contributed by atoms with Crippen LogP contribution in [0.25, 0.3) is 0 Å². The van der Waals surface area contributed by atoms with Crippen LogP contribution in [0.5, 0.6) is 5.75 Å². The summed E-state index contributed by atoms with van der Waals surface area (Å²) in [6, 6.07) is 8.76. The maximum absolute atomic E-state index is 11.9. The number of hydrazone groups is 1. The van der Waals surface area contributed by atoms with E-state index in [1.807, 2.05) is 5.43 Å². The van der Waals surface area contributed by atoms with Gasteiger partial charge in [0.2, 0.25) is 5.84 Å². The van der Waals surface area contributed by atoms with Crippen LogP contribution in [-0.4, -0.2) is 60.9 Å². The second kappa shape index (κ2) is 11.0. The van der Waals surface area contributed by atoms with E-state index in [1.54, 1.807) is 0 Å². The Morgan fingerprint density at radius 3 is 2.00 bits per heavy atom. The molecule has 0 aliphatic heterocycles. The number of phenolic OH excluding ortho intramolecular Hbond substituents is 1. The zero-order valence-corrected chi connectivity index (χ0v) is 21.9. The zero-order chi connectivity index (χ0) is 30.0. The second-order valence-corrected chi connectivity index (χ2v) is 11.8. The summed E-state index contributed by atoms with van der Waals surface area (Å²) in [6.45, 7) is 0. The van der Waals surface area contributed by atoms with Crippen molar-refractivity contribution < 1.29 is 53.9 Å². The number of anilines is 2. The molecule has 0 aromatic heterocycles. The molecule has 3 aromatic carbocycles. The number of aromatic hydroxyl groups is 1. The lowest BCUT2D eigenvalue weighted by molar-refractivity contribution is 0.0697. The summed E-state index contributed by atoms with van der Waals surface area (Å²) in [7, 11) is -15.3. The van der Waals surface area contributed by atoms with Crippen LogP contribution in [0, 0.1) is 0 Å². The molecule has 20 heteroatoms. The molecule has 0 aliphatic carbocycles. The Morgan fingerprint density at radius 1 is 0.800 bits per heavy atom. The van der Waals surface area contributed by atoms with E-state index in [9.17, 15) is 53.9 Å². The molecule has 0 aliphatic rings. The van der Waals surface area contributed by atoms with Crippen LogP contribution in [0.4, 0.5) is 17.1 Å². The minimum atomic E-state index is -5.25. The van der Waals surface area contributed by atoms with Crippen LogP contribution in [0.3, 0.4) is 0 Å². The number of hydrogen-bond acceptors (Lipinski definition) is 12. The predicted molar refractivity (Wildman–Crippen MR) is 136 cm³/mol. The van der Waals surface area contributed by atoms with E-state index < -0.39 is 79.4 Å². The van der Waals surface area contributed by atoms with E-state index in [-0.39, 0.29) is 17.4 Å². The highest BCUT2D eigenvalue weighted by Gasteiger charge is 2.25. The van der Waals surface area contributed by atoms with Crippen LogP contribution < -0.4 is 11.2 Å². The molecule has 40 heavy (non-hydrogen) atoms. The van der Waals surface area contributed by atoms with E-state index in [0.29, 0.717) is 6.07 Å². The van der Waals surface area contributed by atoms with Crippen LogP contribution in [-0.2, 0) is 30.4 Å². The van der Waals surface area contributed by atoms with Gasteiger partial charge in [-0.15, -0.1) is 10.2 Å². The van der Waals surface area contributed by atoms with E-state index in [4.69, 9.17) is 5.73 Å². The van der Waals surface area contributed by atoms with Gasteiger partial charge >= 0.3 is 5.97 Å². The van der Waals surface area contributed by atoms with E-state index in [2.05, 4.69) is 15.3 Å².